The van der Waals surface area contributed by atoms with Crippen molar-refractivity contribution in [2.24, 2.45) is 5.84 Å². The van der Waals surface area contributed by atoms with Gasteiger partial charge in [-0.2, -0.15) is 0 Å². The fourth-order valence-corrected chi connectivity index (χ4v) is 2.31. The highest BCUT2D eigenvalue weighted by Crippen LogP contribution is 2.19. The van der Waals surface area contributed by atoms with Crippen molar-refractivity contribution >= 4 is 11.8 Å². The molecule has 1 aromatic rings. The van der Waals surface area contributed by atoms with Crippen molar-refractivity contribution in [2.45, 2.75) is 39.2 Å². The minimum Gasteiger partial charge on any atom is -0.454 e. The number of furan rings is 1. The number of carbonyl (C=O) groups is 2. The molecule has 3 N–H and O–H groups in total. The average Bonchev–Trinajstić information content (AvgIpc) is 2.64. The normalized spacial score (nSPS) is 16.3. The molecule has 1 aromatic heterocycles. The minimum absolute atomic E-state index is 0.149. The molecule has 0 aliphatic carbocycles. The second-order valence-electron chi connectivity index (χ2n) is 4.82. The predicted octanol–water partition coefficient (Wildman–Crippen LogP) is 1.09. The van der Waals surface area contributed by atoms with Crippen molar-refractivity contribution in [1.82, 2.24) is 10.3 Å². The molecule has 1 saturated heterocycles. The molecule has 0 saturated carbocycles. The first-order chi connectivity index (χ1) is 9.11. The van der Waals surface area contributed by atoms with E-state index in [1.165, 1.54) is 0 Å². The molecule has 6 nitrogen and oxygen atoms in total. The van der Waals surface area contributed by atoms with Crippen LogP contribution in [0.25, 0.3) is 0 Å². The van der Waals surface area contributed by atoms with E-state index in [0.717, 1.165) is 31.4 Å². The number of amides is 2. The third kappa shape index (κ3) is 3.14. The van der Waals surface area contributed by atoms with Gasteiger partial charge in [0.15, 0.2) is 5.76 Å². The number of nitrogens with one attached hydrogen (secondary N) is 1. The summed E-state index contributed by atoms with van der Waals surface area (Å²) in [6, 6.07) is 1.78. The fourth-order valence-electron chi connectivity index (χ4n) is 2.31. The van der Waals surface area contributed by atoms with Crippen LogP contribution in [0.5, 0.6) is 0 Å². The van der Waals surface area contributed by atoms with E-state index in [2.05, 4.69) is 0 Å². The van der Waals surface area contributed by atoms with Crippen molar-refractivity contribution in [3.63, 3.8) is 0 Å². The highest BCUT2D eigenvalue weighted by atomic mass is 16.4. The lowest BCUT2D eigenvalue weighted by atomic mass is 10.2. The molecule has 2 heterocycles. The molecule has 104 valence electrons. The number of carbonyl (C=O) groups excluding carboxylic acids is 2. The molecular weight excluding hydrogens is 246 g/mol. The summed E-state index contributed by atoms with van der Waals surface area (Å²) in [5.74, 6) is 5.61. The number of hydrogen-bond donors (Lipinski definition) is 2. The molecular formula is C13H19N3O3. The second kappa shape index (κ2) is 5.88. The van der Waals surface area contributed by atoms with Gasteiger partial charge < -0.3 is 9.32 Å². The molecule has 1 aliphatic heterocycles. The number of rotatable bonds is 3. The summed E-state index contributed by atoms with van der Waals surface area (Å²) in [5, 5.41) is 0. The van der Waals surface area contributed by atoms with Crippen molar-refractivity contribution in [2.75, 3.05) is 6.54 Å². The quantitative estimate of drug-likeness (QED) is 0.486. The molecule has 19 heavy (non-hydrogen) atoms. The van der Waals surface area contributed by atoms with Gasteiger partial charge in [0, 0.05) is 18.5 Å². The first-order valence-electron chi connectivity index (χ1n) is 6.50. The Morgan fingerprint density at radius 3 is 3.00 bits per heavy atom. The molecule has 0 aromatic carbocycles. The first kappa shape index (κ1) is 13.6. The fraction of sp³-hybridized carbons (Fsp3) is 0.538. The van der Waals surface area contributed by atoms with E-state index in [9.17, 15) is 9.59 Å². The molecule has 0 unspecified atom stereocenters. The Morgan fingerprint density at radius 1 is 1.47 bits per heavy atom. The van der Waals surface area contributed by atoms with E-state index in [1.54, 1.807) is 17.9 Å². The largest absolute Gasteiger partial charge is 0.454 e. The average molecular weight is 265 g/mol. The molecule has 0 spiro atoms. The zero-order valence-corrected chi connectivity index (χ0v) is 11.1. The van der Waals surface area contributed by atoms with Gasteiger partial charge in [0.1, 0.15) is 5.76 Å². The standard InChI is InChI=1S/C13H19N3O3/c1-9-7-10(19-12(9)13(18)15-14)8-16-6-4-2-3-5-11(16)17/h7H,2-6,8,14H2,1H3,(H,15,18). The molecule has 2 rings (SSSR count). The third-order valence-electron chi connectivity index (χ3n) is 3.32. The summed E-state index contributed by atoms with van der Waals surface area (Å²) in [6.45, 7) is 2.94. The van der Waals surface area contributed by atoms with E-state index < -0.39 is 5.91 Å². The zero-order valence-electron chi connectivity index (χ0n) is 11.1. The van der Waals surface area contributed by atoms with Gasteiger partial charge in [0.25, 0.3) is 0 Å². The maximum atomic E-state index is 11.9. The molecule has 1 aliphatic rings. The lowest BCUT2D eigenvalue weighted by Gasteiger charge is -2.18. The van der Waals surface area contributed by atoms with Gasteiger partial charge in [-0.05, 0) is 25.8 Å². The summed E-state index contributed by atoms with van der Waals surface area (Å²) in [5.41, 5.74) is 2.77. The Bertz CT molecular complexity index is 481. The summed E-state index contributed by atoms with van der Waals surface area (Å²) in [4.78, 5) is 25.1. The van der Waals surface area contributed by atoms with Crippen LogP contribution in [0.15, 0.2) is 10.5 Å². The van der Waals surface area contributed by atoms with Gasteiger partial charge in [-0.3, -0.25) is 15.0 Å². The molecule has 0 bridgehead atoms. The summed E-state index contributed by atoms with van der Waals surface area (Å²) in [6.07, 6.45) is 3.64. The highest BCUT2D eigenvalue weighted by Gasteiger charge is 2.20. The number of hydrogen-bond acceptors (Lipinski definition) is 4. The SMILES string of the molecule is Cc1cc(CN2CCCCCC2=O)oc1C(=O)NN. The van der Waals surface area contributed by atoms with Crippen LogP contribution < -0.4 is 11.3 Å². The van der Waals surface area contributed by atoms with Crippen molar-refractivity contribution in [3.8, 4) is 0 Å². The first-order valence-corrected chi connectivity index (χ1v) is 6.50. The second-order valence-corrected chi connectivity index (χ2v) is 4.82. The Labute approximate surface area is 111 Å². The van der Waals surface area contributed by atoms with Crippen LogP contribution in [0, 0.1) is 6.92 Å². The Balaban J connectivity index is 2.10. The highest BCUT2D eigenvalue weighted by molar-refractivity contribution is 5.92. The van der Waals surface area contributed by atoms with Crippen LogP contribution in [0.2, 0.25) is 0 Å². The van der Waals surface area contributed by atoms with Crippen molar-refractivity contribution in [1.29, 1.82) is 0 Å². The van der Waals surface area contributed by atoms with Crippen molar-refractivity contribution in [3.05, 3.63) is 23.2 Å². The zero-order chi connectivity index (χ0) is 13.8. The maximum Gasteiger partial charge on any atom is 0.301 e. The van der Waals surface area contributed by atoms with Gasteiger partial charge in [-0.1, -0.05) is 6.42 Å². The lowest BCUT2D eigenvalue weighted by Crippen LogP contribution is -2.30. The van der Waals surface area contributed by atoms with E-state index >= 15 is 0 Å². The number of aryl methyl sites for hydroxylation is 1. The van der Waals surface area contributed by atoms with Crippen LogP contribution in [-0.4, -0.2) is 23.3 Å². The third-order valence-corrected chi connectivity index (χ3v) is 3.32. The number of nitrogen functional groups attached to an aromatic ring is 1. The van der Waals surface area contributed by atoms with Crippen LogP contribution >= 0.6 is 0 Å². The van der Waals surface area contributed by atoms with Crippen molar-refractivity contribution < 1.29 is 14.0 Å². The number of nitrogens with two attached hydrogens (primary N) is 1. The van der Waals surface area contributed by atoms with E-state index in [-0.39, 0.29) is 11.7 Å². The Kier molecular flexibility index (Phi) is 4.21. The monoisotopic (exact) mass is 265 g/mol. The predicted molar refractivity (Wildman–Crippen MR) is 69.0 cm³/mol. The Morgan fingerprint density at radius 2 is 2.26 bits per heavy atom. The van der Waals surface area contributed by atoms with Crippen LogP contribution in [0.1, 0.15) is 47.6 Å². The van der Waals surface area contributed by atoms with Crippen LogP contribution in [0.4, 0.5) is 0 Å². The smallest absolute Gasteiger partial charge is 0.301 e. The minimum atomic E-state index is -0.453. The molecule has 0 atom stereocenters. The van der Waals surface area contributed by atoms with Crippen LogP contribution in [0.3, 0.4) is 0 Å². The molecule has 1 fully saturated rings. The molecule has 0 radical (unpaired) electrons. The lowest BCUT2D eigenvalue weighted by molar-refractivity contribution is -0.131. The summed E-state index contributed by atoms with van der Waals surface area (Å²) < 4.78 is 5.47. The summed E-state index contributed by atoms with van der Waals surface area (Å²) in [7, 11) is 0. The number of likely N-dealkylation sites (tertiary alicyclic amines) is 1. The van der Waals surface area contributed by atoms with Gasteiger partial charge in [0.2, 0.25) is 5.91 Å². The van der Waals surface area contributed by atoms with Crippen LogP contribution in [-0.2, 0) is 11.3 Å². The molecule has 2 amide bonds. The van der Waals surface area contributed by atoms with E-state index in [1.807, 2.05) is 5.43 Å². The molecule has 6 heteroatoms. The van der Waals surface area contributed by atoms with Gasteiger partial charge in [-0.15, -0.1) is 0 Å². The topological polar surface area (TPSA) is 88.6 Å². The van der Waals surface area contributed by atoms with E-state index in [4.69, 9.17) is 10.3 Å². The van der Waals surface area contributed by atoms with Gasteiger partial charge in [0.05, 0.1) is 6.54 Å². The Hall–Kier alpha value is -1.82. The number of nitrogens with zero attached hydrogens (tertiary/aromatic N) is 1. The van der Waals surface area contributed by atoms with Gasteiger partial charge in [-0.25, -0.2) is 5.84 Å². The number of hydrazine groups is 1. The maximum absolute atomic E-state index is 11.9. The summed E-state index contributed by atoms with van der Waals surface area (Å²) >= 11 is 0. The van der Waals surface area contributed by atoms with E-state index in [0.29, 0.717) is 18.7 Å². The van der Waals surface area contributed by atoms with Gasteiger partial charge >= 0.3 is 5.91 Å².